The van der Waals surface area contributed by atoms with Gasteiger partial charge < -0.3 is 0 Å². The summed E-state index contributed by atoms with van der Waals surface area (Å²) in [5, 5.41) is 0.0735. The van der Waals surface area contributed by atoms with Crippen LogP contribution in [0.15, 0.2) is 23.0 Å². The van der Waals surface area contributed by atoms with Crippen molar-refractivity contribution in [1.82, 2.24) is 9.55 Å². The van der Waals surface area contributed by atoms with Crippen LogP contribution in [0.5, 0.6) is 0 Å². The first-order valence-electron chi connectivity index (χ1n) is 4.49. The topological polar surface area (TPSA) is 34.9 Å². The lowest BCUT2D eigenvalue weighted by molar-refractivity contribution is 0.633. The lowest BCUT2D eigenvalue weighted by Gasteiger charge is -2.06. The van der Waals surface area contributed by atoms with Crippen molar-refractivity contribution in [1.29, 1.82) is 0 Å². The Kier molecular flexibility index (Phi) is 2.44. The van der Waals surface area contributed by atoms with Crippen LogP contribution in [0.4, 0.5) is 4.39 Å². The summed E-state index contributed by atoms with van der Waals surface area (Å²) in [4.78, 5) is 15.8. The highest BCUT2D eigenvalue weighted by Crippen LogP contribution is 2.14. The maximum absolute atomic E-state index is 13.4. The Bertz CT molecular complexity index is 579. The zero-order chi connectivity index (χ0) is 11.0. The highest BCUT2D eigenvalue weighted by atomic mass is 35.5. The van der Waals surface area contributed by atoms with Gasteiger partial charge in [-0.3, -0.25) is 9.36 Å². The van der Waals surface area contributed by atoms with Crippen molar-refractivity contribution in [2.45, 2.75) is 13.5 Å². The lowest BCUT2D eigenvalue weighted by Crippen LogP contribution is -2.22. The van der Waals surface area contributed by atoms with Crippen molar-refractivity contribution >= 4 is 22.5 Å². The number of rotatable bonds is 1. The van der Waals surface area contributed by atoms with Crippen LogP contribution in [0.2, 0.25) is 5.28 Å². The molecule has 0 aliphatic heterocycles. The Hall–Kier alpha value is -1.42. The van der Waals surface area contributed by atoms with Gasteiger partial charge in [0.15, 0.2) is 0 Å². The highest BCUT2D eigenvalue weighted by molar-refractivity contribution is 6.28. The van der Waals surface area contributed by atoms with Crippen molar-refractivity contribution in [2.24, 2.45) is 0 Å². The van der Waals surface area contributed by atoms with Crippen LogP contribution in [0, 0.1) is 5.82 Å². The second-order valence-electron chi connectivity index (χ2n) is 3.06. The smallest absolute Gasteiger partial charge is 0.265 e. The van der Waals surface area contributed by atoms with Gasteiger partial charge in [-0.25, -0.2) is 9.37 Å². The minimum Gasteiger partial charge on any atom is -0.283 e. The van der Waals surface area contributed by atoms with Gasteiger partial charge in [0.2, 0.25) is 5.28 Å². The summed E-state index contributed by atoms with van der Waals surface area (Å²) in [6.07, 6.45) is 0. The molecule has 0 unspecified atom stereocenters. The summed E-state index contributed by atoms with van der Waals surface area (Å²) in [6, 6.07) is 4.29. The largest absolute Gasteiger partial charge is 0.283 e. The van der Waals surface area contributed by atoms with Gasteiger partial charge >= 0.3 is 0 Å². The molecular weight excluding hydrogens is 219 g/mol. The van der Waals surface area contributed by atoms with Crippen molar-refractivity contribution in [3.63, 3.8) is 0 Å². The van der Waals surface area contributed by atoms with E-state index in [9.17, 15) is 9.18 Å². The third-order valence-corrected chi connectivity index (χ3v) is 2.49. The van der Waals surface area contributed by atoms with Crippen LogP contribution in [0.25, 0.3) is 10.9 Å². The predicted molar refractivity (Wildman–Crippen MR) is 56.6 cm³/mol. The normalized spacial score (nSPS) is 10.9. The SMILES string of the molecule is CCn1c(Cl)nc2cccc(F)c2c1=O. The first-order chi connectivity index (χ1) is 7.15. The van der Waals surface area contributed by atoms with Crippen LogP contribution < -0.4 is 5.56 Å². The third kappa shape index (κ3) is 1.51. The first kappa shape index (κ1) is 10.1. The average molecular weight is 227 g/mol. The fourth-order valence-corrected chi connectivity index (χ4v) is 1.76. The van der Waals surface area contributed by atoms with Gasteiger partial charge in [0, 0.05) is 6.54 Å². The molecule has 0 fully saturated rings. The van der Waals surface area contributed by atoms with E-state index in [4.69, 9.17) is 11.6 Å². The summed E-state index contributed by atoms with van der Waals surface area (Å²) >= 11 is 5.79. The molecule has 2 rings (SSSR count). The van der Waals surface area contributed by atoms with Crippen LogP contribution in [-0.4, -0.2) is 9.55 Å². The fraction of sp³-hybridized carbons (Fsp3) is 0.200. The standard InChI is InChI=1S/C10H8ClFN2O/c1-2-14-9(15)8-6(12)4-3-5-7(8)13-10(14)11/h3-5H,2H2,1H3. The van der Waals surface area contributed by atoms with E-state index >= 15 is 0 Å². The summed E-state index contributed by atoms with van der Waals surface area (Å²) in [6.45, 7) is 2.12. The van der Waals surface area contributed by atoms with Crippen molar-refractivity contribution in [3.05, 3.63) is 39.7 Å². The van der Waals surface area contributed by atoms with Crippen molar-refractivity contribution in [2.75, 3.05) is 0 Å². The number of hydrogen-bond donors (Lipinski definition) is 0. The van der Waals surface area contributed by atoms with E-state index in [1.165, 1.54) is 16.7 Å². The number of halogens is 2. The van der Waals surface area contributed by atoms with E-state index in [1.54, 1.807) is 13.0 Å². The molecule has 1 aromatic carbocycles. The molecule has 0 spiro atoms. The molecule has 78 valence electrons. The molecule has 1 heterocycles. The lowest BCUT2D eigenvalue weighted by atomic mass is 10.2. The summed E-state index contributed by atoms with van der Waals surface area (Å²) in [5.74, 6) is -0.566. The number of benzene rings is 1. The molecule has 5 heteroatoms. The fourth-order valence-electron chi connectivity index (χ4n) is 1.47. The Morgan fingerprint density at radius 2 is 2.27 bits per heavy atom. The van der Waals surface area contributed by atoms with Crippen LogP contribution in [-0.2, 0) is 6.54 Å². The zero-order valence-electron chi connectivity index (χ0n) is 8.00. The number of aromatic nitrogens is 2. The molecule has 0 amide bonds. The molecule has 0 bridgehead atoms. The van der Waals surface area contributed by atoms with Crippen LogP contribution in [0.3, 0.4) is 0 Å². The summed E-state index contributed by atoms with van der Waals surface area (Å²) < 4.78 is 14.6. The predicted octanol–water partition coefficient (Wildman–Crippen LogP) is 2.21. The number of hydrogen-bond acceptors (Lipinski definition) is 2. The van der Waals surface area contributed by atoms with E-state index in [0.29, 0.717) is 6.54 Å². The Balaban J connectivity index is 2.99. The molecule has 0 radical (unpaired) electrons. The van der Waals surface area contributed by atoms with Gasteiger partial charge in [-0.15, -0.1) is 0 Å². The van der Waals surface area contributed by atoms with Crippen molar-refractivity contribution in [3.8, 4) is 0 Å². The van der Waals surface area contributed by atoms with Gasteiger partial charge in [0.25, 0.3) is 5.56 Å². The van der Waals surface area contributed by atoms with E-state index < -0.39 is 11.4 Å². The average Bonchev–Trinajstić information content (AvgIpc) is 2.17. The maximum Gasteiger partial charge on any atom is 0.265 e. The Morgan fingerprint density at radius 3 is 2.93 bits per heavy atom. The number of fused-ring (bicyclic) bond motifs is 1. The van der Waals surface area contributed by atoms with Gasteiger partial charge in [0.05, 0.1) is 5.52 Å². The molecule has 0 saturated carbocycles. The van der Waals surface area contributed by atoms with Crippen molar-refractivity contribution < 1.29 is 4.39 Å². The molecule has 3 nitrogen and oxygen atoms in total. The van der Waals surface area contributed by atoms with Crippen LogP contribution >= 0.6 is 11.6 Å². The molecule has 0 saturated heterocycles. The quantitative estimate of drug-likeness (QED) is 0.699. The minimum absolute atomic E-state index is 0.0104. The summed E-state index contributed by atoms with van der Waals surface area (Å²) in [5.41, 5.74) is -0.152. The summed E-state index contributed by atoms with van der Waals surface area (Å²) in [7, 11) is 0. The molecule has 0 N–H and O–H groups in total. The van der Waals surface area contributed by atoms with Gasteiger partial charge in [0.1, 0.15) is 11.2 Å². The van der Waals surface area contributed by atoms with E-state index in [0.717, 1.165) is 0 Å². The Morgan fingerprint density at radius 1 is 1.53 bits per heavy atom. The maximum atomic E-state index is 13.4. The molecule has 0 atom stereocenters. The highest BCUT2D eigenvalue weighted by Gasteiger charge is 2.11. The van der Waals surface area contributed by atoms with Crippen LogP contribution in [0.1, 0.15) is 6.92 Å². The molecule has 1 aromatic heterocycles. The monoisotopic (exact) mass is 226 g/mol. The molecular formula is C10H8ClFN2O. The minimum atomic E-state index is -0.566. The number of nitrogens with zero attached hydrogens (tertiary/aromatic N) is 2. The second kappa shape index (κ2) is 3.62. The first-order valence-corrected chi connectivity index (χ1v) is 4.87. The molecule has 15 heavy (non-hydrogen) atoms. The van der Waals surface area contributed by atoms with Gasteiger partial charge in [-0.1, -0.05) is 6.07 Å². The van der Waals surface area contributed by atoms with E-state index in [1.807, 2.05) is 0 Å². The molecule has 0 aliphatic carbocycles. The molecule has 0 aliphatic rings. The van der Waals surface area contributed by atoms with E-state index in [-0.39, 0.29) is 16.2 Å². The Labute approximate surface area is 90.1 Å². The molecule has 2 aromatic rings. The third-order valence-electron chi connectivity index (χ3n) is 2.20. The van der Waals surface area contributed by atoms with E-state index in [2.05, 4.69) is 4.98 Å². The second-order valence-corrected chi connectivity index (χ2v) is 3.40. The van der Waals surface area contributed by atoms with Gasteiger partial charge in [-0.05, 0) is 30.7 Å². The van der Waals surface area contributed by atoms with Gasteiger partial charge in [-0.2, -0.15) is 0 Å². The zero-order valence-corrected chi connectivity index (χ0v) is 8.75.